The van der Waals surface area contributed by atoms with Crippen LogP contribution in [0.3, 0.4) is 0 Å². The Morgan fingerprint density at radius 3 is 2.54 bits per heavy atom. The van der Waals surface area contributed by atoms with Crippen LogP contribution in [-0.4, -0.2) is 9.55 Å². The Balaban J connectivity index is 1.76. The zero-order valence-corrected chi connectivity index (χ0v) is 14.1. The van der Waals surface area contributed by atoms with Gasteiger partial charge in [-0.2, -0.15) is 0 Å². The minimum absolute atomic E-state index is 0.357. The Bertz CT molecular complexity index is 927. The highest BCUT2D eigenvalue weighted by Crippen LogP contribution is 2.44. The summed E-state index contributed by atoms with van der Waals surface area (Å²) in [6.07, 6.45) is 7.93. The molecular formula is C22H22N2. The molecule has 0 spiro atoms. The number of nitrogens with zero attached hydrogens (tertiary/aromatic N) is 2. The summed E-state index contributed by atoms with van der Waals surface area (Å²) in [5.74, 6) is 1.83. The van der Waals surface area contributed by atoms with Gasteiger partial charge in [0.05, 0.1) is 17.1 Å². The standard InChI is InChI=1S/C22H22N2/c1-15-14-19(16-8-5-6-9-16)18-12-7-13-20-21(18)24(15)22(23-20)17-10-3-2-4-11-17/h2-4,7,10-16H,5-6,8-9H2,1H3. The van der Waals surface area contributed by atoms with E-state index in [1.165, 1.54) is 42.3 Å². The third-order valence-corrected chi connectivity index (χ3v) is 5.68. The molecule has 1 aliphatic carbocycles. The third-order valence-electron chi connectivity index (χ3n) is 5.68. The van der Waals surface area contributed by atoms with Gasteiger partial charge in [-0.15, -0.1) is 0 Å². The zero-order valence-electron chi connectivity index (χ0n) is 14.1. The van der Waals surface area contributed by atoms with E-state index >= 15 is 0 Å². The first-order valence-electron chi connectivity index (χ1n) is 9.11. The fourth-order valence-electron chi connectivity index (χ4n) is 4.59. The highest BCUT2D eigenvalue weighted by Gasteiger charge is 2.29. The van der Waals surface area contributed by atoms with Gasteiger partial charge in [0.1, 0.15) is 5.82 Å². The van der Waals surface area contributed by atoms with Gasteiger partial charge in [-0.1, -0.05) is 61.4 Å². The number of hydrogen-bond acceptors (Lipinski definition) is 1. The van der Waals surface area contributed by atoms with Crippen molar-refractivity contribution in [1.29, 1.82) is 0 Å². The van der Waals surface area contributed by atoms with E-state index in [4.69, 9.17) is 4.98 Å². The topological polar surface area (TPSA) is 17.8 Å². The predicted molar refractivity (Wildman–Crippen MR) is 99.8 cm³/mol. The summed E-state index contributed by atoms with van der Waals surface area (Å²) in [5.41, 5.74) is 6.63. The zero-order chi connectivity index (χ0) is 16.1. The molecule has 5 rings (SSSR count). The van der Waals surface area contributed by atoms with Crippen LogP contribution in [0, 0.1) is 5.92 Å². The molecule has 2 aromatic carbocycles. The van der Waals surface area contributed by atoms with Crippen LogP contribution >= 0.6 is 0 Å². The van der Waals surface area contributed by atoms with Crippen LogP contribution in [0.15, 0.2) is 54.6 Å². The van der Waals surface area contributed by atoms with E-state index in [1.54, 1.807) is 5.57 Å². The van der Waals surface area contributed by atoms with E-state index in [1.807, 2.05) is 0 Å². The van der Waals surface area contributed by atoms with Crippen molar-refractivity contribution in [3.05, 3.63) is 60.2 Å². The number of aromatic nitrogens is 2. The van der Waals surface area contributed by atoms with Crippen LogP contribution in [0.1, 0.15) is 44.2 Å². The molecule has 24 heavy (non-hydrogen) atoms. The molecule has 2 heterocycles. The summed E-state index contributed by atoms with van der Waals surface area (Å²) >= 11 is 0. The van der Waals surface area contributed by atoms with Crippen LogP contribution in [-0.2, 0) is 0 Å². The Kier molecular flexibility index (Phi) is 3.12. The molecule has 0 N–H and O–H groups in total. The Hall–Kier alpha value is -2.35. The van der Waals surface area contributed by atoms with Crippen molar-refractivity contribution in [2.45, 2.75) is 38.6 Å². The van der Waals surface area contributed by atoms with Gasteiger partial charge >= 0.3 is 0 Å². The monoisotopic (exact) mass is 314 g/mol. The maximum atomic E-state index is 5.00. The maximum Gasteiger partial charge on any atom is 0.141 e. The van der Waals surface area contributed by atoms with Gasteiger partial charge in [0, 0.05) is 11.1 Å². The molecule has 2 aliphatic rings. The van der Waals surface area contributed by atoms with Crippen molar-refractivity contribution >= 4 is 16.6 Å². The van der Waals surface area contributed by atoms with Gasteiger partial charge in [0.25, 0.3) is 0 Å². The van der Waals surface area contributed by atoms with E-state index in [0.717, 1.165) is 17.3 Å². The summed E-state index contributed by atoms with van der Waals surface area (Å²) in [5, 5.41) is 0. The Morgan fingerprint density at radius 2 is 1.75 bits per heavy atom. The van der Waals surface area contributed by atoms with E-state index in [9.17, 15) is 0 Å². The number of imidazole rings is 1. The molecule has 2 nitrogen and oxygen atoms in total. The van der Waals surface area contributed by atoms with E-state index in [-0.39, 0.29) is 0 Å². The van der Waals surface area contributed by atoms with Crippen molar-refractivity contribution in [2.75, 3.05) is 0 Å². The number of rotatable bonds is 2. The number of para-hydroxylation sites is 1. The fourth-order valence-corrected chi connectivity index (χ4v) is 4.59. The van der Waals surface area contributed by atoms with Gasteiger partial charge in [-0.3, -0.25) is 0 Å². The van der Waals surface area contributed by atoms with Crippen molar-refractivity contribution in [3.63, 3.8) is 0 Å². The molecule has 1 saturated carbocycles. The quantitative estimate of drug-likeness (QED) is 0.580. The molecule has 1 aromatic heterocycles. The molecule has 120 valence electrons. The molecule has 1 atom stereocenters. The Morgan fingerprint density at radius 1 is 0.958 bits per heavy atom. The largest absolute Gasteiger partial charge is 0.317 e. The third kappa shape index (κ3) is 1.99. The minimum Gasteiger partial charge on any atom is -0.317 e. The average Bonchev–Trinajstić information content (AvgIpc) is 3.27. The van der Waals surface area contributed by atoms with Crippen molar-refractivity contribution in [3.8, 4) is 11.4 Å². The van der Waals surface area contributed by atoms with Crippen molar-refractivity contribution in [2.24, 2.45) is 5.92 Å². The fraction of sp³-hybridized carbons (Fsp3) is 0.318. The Labute approximate surface area is 142 Å². The molecule has 2 heteroatoms. The van der Waals surface area contributed by atoms with Gasteiger partial charge in [0.2, 0.25) is 0 Å². The lowest BCUT2D eigenvalue weighted by Crippen LogP contribution is -2.13. The summed E-state index contributed by atoms with van der Waals surface area (Å²) in [4.78, 5) is 5.00. The summed E-state index contributed by atoms with van der Waals surface area (Å²) < 4.78 is 2.43. The lowest BCUT2D eigenvalue weighted by Gasteiger charge is -2.26. The highest BCUT2D eigenvalue weighted by molar-refractivity contribution is 5.94. The van der Waals surface area contributed by atoms with Gasteiger partial charge in [-0.05, 0) is 37.3 Å². The van der Waals surface area contributed by atoms with Gasteiger partial charge in [-0.25, -0.2) is 4.98 Å². The van der Waals surface area contributed by atoms with Crippen LogP contribution in [0.4, 0.5) is 0 Å². The summed E-state index contributed by atoms with van der Waals surface area (Å²) in [6.45, 7) is 2.30. The average molecular weight is 314 g/mol. The molecule has 1 fully saturated rings. The second-order valence-electron chi connectivity index (χ2n) is 7.19. The lowest BCUT2D eigenvalue weighted by atomic mass is 9.87. The van der Waals surface area contributed by atoms with Gasteiger partial charge in [0.15, 0.2) is 0 Å². The molecule has 0 amide bonds. The maximum absolute atomic E-state index is 5.00. The number of allylic oxidation sites excluding steroid dienone is 2. The smallest absolute Gasteiger partial charge is 0.141 e. The second kappa shape index (κ2) is 5.34. The molecule has 3 aromatic rings. The lowest BCUT2D eigenvalue weighted by molar-refractivity contribution is 0.652. The molecule has 0 saturated heterocycles. The minimum atomic E-state index is 0.357. The molecule has 0 bridgehead atoms. The normalized spacial score (nSPS) is 20.5. The molecular weight excluding hydrogens is 292 g/mol. The van der Waals surface area contributed by atoms with Crippen molar-refractivity contribution < 1.29 is 0 Å². The first-order chi connectivity index (χ1) is 11.8. The first-order valence-corrected chi connectivity index (χ1v) is 9.11. The van der Waals surface area contributed by atoms with Crippen molar-refractivity contribution in [1.82, 2.24) is 9.55 Å². The van der Waals surface area contributed by atoms with Gasteiger partial charge < -0.3 is 4.57 Å². The predicted octanol–water partition coefficient (Wildman–Crippen LogP) is 5.85. The summed E-state index contributed by atoms with van der Waals surface area (Å²) in [6, 6.07) is 17.6. The molecule has 1 unspecified atom stereocenters. The summed E-state index contributed by atoms with van der Waals surface area (Å²) in [7, 11) is 0. The molecule has 0 radical (unpaired) electrons. The second-order valence-corrected chi connectivity index (χ2v) is 7.19. The van der Waals surface area contributed by atoms with E-state index < -0.39 is 0 Å². The van der Waals surface area contributed by atoms with Crippen LogP contribution in [0.5, 0.6) is 0 Å². The van der Waals surface area contributed by atoms with E-state index in [2.05, 4.69) is 66.1 Å². The van der Waals surface area contributed by atoms with Crippen LogP contribution in [0.25, 0.3) is 28.0 Å². The highest BCUT2D eigenvalue weighted by atomic mass is 15.1. The molecule has 1 aliphatic heterocycles. The van der Waals surface area contributed by atoms with E-state index in [0.29, 0.717) is 6.04 Å². The first kappa shape index (κ1) is 14.0. The van der Waals surface area contributed by atoms with Crippen LogP contribution < -0.4 is 0 Å². The van der Waals surface area contributed by atoms with Crippen LogP contribution in [0.2, 0.25) is 0 Å². The number of benzene rings is 2. The number of hydrogen-bond donors (Lipinski definition) is 0. The SMILES string of the molecule is CC1C=C(C2CCCC2)c2cccc3nc(-c4ccccc4)n1c23.